The monoisotopic (exact) mass is 298 g/mol. The number of aliphatic carboxylic acids is 1. The Labute approximate surface area is 130 Å². The number of carbonyl (C=O) groups is 1. The summed E-state index contributed by atoms with van der Waals surface area (Å²) >= 11 is 0. The predicted molar refractivity (Wildman–Crippen MR) is 86.4 cm³/mol. The molecule has 3 heteroatoms. The van der Waals surface area contributed by atoms with Gasteiger partial charge in [0.1, 0.15) is 0 Å². The molecule has 0 heterocycles. The van der Waals surface area contributed by atoms with E-state index in [1.807, 2.05) is 0 Å². The standard InChI is InChI=1S/C18H34O3/c19-17-13-11-9-7-5-3-1-2-4-6-8-10-12-16(14-15-17)18(20)21/h16-17,19H,1-15H2,(H,20,21). The molecule has 124 valence electrons. The zero-order valence-corrected chi connectivity index (χ0v) is 13.6. The molecular formula is C18H34O3. The highest BCUT2D eigenvalue weighted by Crippen LogP contribution is 2.21. The summed E-state index contributed by atoms with van der Waals surface area (Å²) in [5, 5.41) is 19.2. The second-order valence-corrected chi connectivity index (χ2v) is 6.73. The van der Waals surface area contributed by atoms with Crippen LogP contribution in [0.25, 0.3) is 0 Å². The van der Waals surface area contributed by atoms with Gasteiger partial charge in [-0.05, 0) is 25.7 Å². The molecule has 0 aromatic heterocycles. The van der Waals surface area contributed by atoms with Crippen molar-refractivity contribution in [2.24, 2.45) is 5.92 Å². The van der Waals surface area contributed by atoms with Crippen LogP contribution in [-0.2, 0) is 4.79 Å². The van der Waals surface area contributed by atoms with Crippen molar-refractivity contribution in [1.29, 1.82) is 0 Å². The van der Waals surface area contributed by atoms with Crippen LogP contribution in [0.3, 0.4) is 0 Å². The number of hydrogen-bond acceptors (Lipinski definition) is 2. The van der Waals surface area contributed by atoms with E-state index >= 15 is 0 Å². The third-order valence-corrected chi connectivity index (χ3v) is 4.79. The Kier molecular flexibility index (Phi) is 10.6. The van der Waals surface area contributed by atoms with Crippen molar-refractivity contribution in [3.05, 3.63) is 0 Å². The number of rotatable bonds is 1. The molecule has 0 saturated heterocycles. The molecule has 1 saturated carbocycles. The summed E-state index contributed by atoms with van der Waals surface area (Å²) < 4.78 is 0. The van der Waals surface area contributed by atoms with E-state index < -0.39 is 5.97 Å². The lowest BCUT2D eigenvalue weighted by molar-refractivity contribution is -0.142. The van der Waals surface area contributed by atoms with E-state index in [-0.39, 0.29) is 12.0 Å². The fourth-order valence-corrected chi connectivity index (χ4v) is 3.29. The Morgan fingerprint density at radius 2 is 1.05 bits per heavy atom. The van der Waals surface area contributed by atoms with Crippen LogP contribution in [0.15, 0.2) is 0 Å². The van der Waals surface area contributed by atoms with Crippen LogP contribution in [0.1, 0.15) is 96.3 Å². The second-order valence-electron chi connectivity index (χ2n) is 6.73. The van der Waals surface area contributed by atoms with E-state index in [0.29, 0.717) is 12.8 Å². The lowest BCUT2D eigenvalue weighted by Crippen LogP contribution is -2.17. The molecule has 1 rings (SSSR count). The van der Waals surface area contributed by atoms with Gasteiger partial charge in [-0.15, -0.1) is 0 Å². The van der Waals surface area contributed by atoms with Crippen molar-refractivity contribution in [2.75, 3.05) is 0 Å². The van der Waals surface area contributed by atoms with Crippen LogP contribution in [-0.4, -0.2) is 22.3 Å². The Bertz CT molecular complexity index is 265. The molecule has 0 aromatic rings. The summed E-state index contributed by atoms with van der Waals surface area (Å²) in [5.41, 5.74) is 0. The van der Waals surface area contributed by atoms with Gasteiger partial charge in [0.05, 0.1) is 12.0 Å². The van der Waals surface area contributed by atoms with E-state index in [4.69, 9.17) is 0 Å². The van der Waals surface area contributed by atoms with Gasteiger partial charge in [-0.2, -0.15) is 0 Å². The summed E-state index contributed by atoms with van der Waals surface area (Å²) in [5.74, 6) is -0.935. The number of aliphatic hydroxyl groups excluding tert-OH is 1. The lowest BCUT2D eigenvalue weighted by Gasteiger charge is -2.15. The number of carboxylic acids is 1. The first-order valence-electron chi connectivity index (χ1n) is 9.11. The molecule has 2 atom stereocenters. The normalized spacial score (nSPS) is 28.6. The molecule has 0 aliphatic heterocycles. The molecule has 0 amide bonds. The summed E-state index contributed by atoms with van der Waals surface area (Å²) in [4.78, 5) is 11.3. The van der Waals surface area contributed by atoms with Crippen LogP contribution < -0.4 is 0 Å². The number of aliphatic hydroxyl groups is 1. The zero-order valence-electron chi connectivity index (χ0n) is 13.6. The highest BCUT2D eigenvalue weighted by molar-refractivity contribution is 5.69. The number of carboxylic acid groups (broad SMARTS) is 1. The maximum atomic E-state index is 11.3. The summed E-state index contributed by atoms with van der Waals surface area (Å²) in [6.07, 6.45) is 16.3. The van der Waals surface area contributed by atoms with E-state index in [0.717, 1.165) is 32.1 Å². The number of hydrogen-bond donors (Lipinski definition) is 2. The first kappa shape index (κ1) is 18.5. The summed E-state index contributed by atoms with van der Waals surface area (Å²) in [6, 6.07) is 0. The molecule has 2 unspecified atom stereocenters. The summed E-state index contributed by atoms with van der Waals surface area (Å²) in [6.45, 7) is 0. The molecule has 0 bridgehead atoms. The van der Waals surface area contributed by atoms with Gasteiger partial charge >= 0.3 is 5.97 Å². The fourth-order valence-electron chi connectivity index (χ4n) is 3.29. The van der Waals surface area contributed by atoms with E-state index in [1.165, 1.54) is 51.4 Å². The average molecular weight is 298 g/mol. The second kappa shape index (κ2) is 12.0. The smallest absolute Gasteiger partial charge is 0.306 e. The van der Waals surface area contributed by atoms with Gasteiger partial charge in [0.2, 0.25) is 0 Å². The van der Waals surface area contributed by atoms with Gasteiger partial charge in [-0.25, -0.2) is 0 Å². The molecule has 1 fully saturated rings. The third kappa shape index (κ3) is 9.89. The Hall–Kier alpha value is -0.570. The van der Waals surface area contributed by atoms with E-state index in [9.17, 15) is 15.0 Å². The first-order valence-corrected chi connectivity index (χ1v) is 9.11. The molecular weight excluding hydrogens is 264 g/mol. The van der Waals surface area contributed by atoms with Gasteiger partial charge in [0.25, 0.3) is 0 Å². The van der Waals surface area contributed by atoms with Gasteiger partial charge in [0.15, 0.2) is 0 Å². The van der Waals surface area contributed by atoms with Crippen molar-refractivity contribution in [3.63, 3.8) is 0 Å². The van der Waals surface area contributed by atoms with Crippen LogP contribution in [0, 0.1) is 5.92 Å². The van der Waals surface area contributed by atoms with Crippen molar-refractivity contribution in [3.8, 4) is 0 Å². The van der Waals surface area contributed by atoms with Crippen molar-refractivity contribution >= 4 is 5.97 Å². The van der Waals surface area contributed by atoms with Gasteiger partial charge < -0.3 is 10.2 Å². The quantitative estimate of drug-likeness (QED) is 0.723. The van der Waals surface area contributed by atoms with Crippen LogP contribution in [0.5, 0.6) is 0 Å². The Morgan fingerprint density at radius 3 is 1.52 bits per heavy atom. The molecule has 1 aliphatic carbocycles. The van der Waals surface area contributed by atoms with Gasteiger partial charge in [-0.3, -0.25) is 4.79 Å². The maximum absolute atomic E-state index is 11.3. The van der Waals surface area contributed by atoms with Gasteiger partial charge in [-0.1, -0.05) is 70.6 Å². The average Bonchev–Trinajstić information content (AvgIpc) is 2.46. The highest BCUT2D eigenvalue weighted by Gasteiger charge is 2.18. The van der Waals surface area contributed by atoms with Crippen LogP contribution in [0.2, 0.25) is 0 Å². The largest absolute Gasteiger partial charge is 0.481 e. The molecule has 0 radical (unpaired) electrons. The van der Waals surface area contributed by atoms with Gasteiger partial charge in [0, 0.05) is 0 Å². The van der Waals surface area contributed by atoms with E-state index in [1.54, 1.807) is 0 Å². The lowest BCUT2D eigenvalue weighted by atomic mass is 9.93. The molecule has 1 aliphatic rings. The Balaban J connectivity index is 2.34. The van der Waals surface area contributed by atoms with Crippen LogP contribution in [0.4, 0.5) is 0 Å². The topological polar surface area (TPSA) is 57.5 Å². The minimum Gasteiger partial charge on any atom is -0.481 e. The minimum absolute atomic E-state index is 0.254. The zero-order chi connectivity index (χ0) is 15.3. The van der Waals surface area contributed by atoms with Crippen LogP contribution >= 0.6 is 0 Å². The van der Waals surface area contributed by atoms with Crippen molar-refractivity contribution < 1.29 is 15.0 Å². The maximum Gasteiger partial charge on any atom is 0.306 e. The fraction of sp³-hybridized carbons (Fsp3) is 0.944. The minimum atomic E-state index is -0.680. The Morgan fingerprint density at radius 1 is 0.619 bits per heavy atom. The van der Waals surface area contributed by atoms with E-state index in [2.05, 4.69) is 0 Å². The predicted octanol–water partition coefficient (Wildman–Crippen LogP) is 4.91. The molecule has 21 heavy (non-hydrogen) atoms. The molecule has 3 nitrogen and oxygen atoms in total. The summed E-state index contributed by atoms with van der Waals surface area (Å²) in [7, 11) is 0. The van der Waals surface area contributed by atoms with Crippen molar-refractivity contribution in [2.45, 2.75) is 102 Å². The SMILES string of the molecule is O=C(O)C1CCCCCCCCCCCCCC(O)CC1. The highest BCUT2D eigenvalue weighted by atomic mass is 16.4. The molecule has 2 N–H and O–H groups in total. The molecule has 0 spiro atoms. The molecule has 0 aromatic carbocycles. The third-order valence-electron chi connectivity index (χ3n) is 4.79. The van der Waals surface area contributed by atoms with Crippen molar-refractivity contribution in [1.82, 2.24) is 0 Å². The first-order chi connectivity index (χ1) is 10.2.